The van der Waals surface area contributed by atoms with E-state index in [-0.39, 0.29) is 23.8 Å². The molecule has 0 aliphatic carbocycles. The molecule has 84 valence electrons. The van der Waals surface area contributed by atoms with E-state index in [1.54, 1.807) is 4.90 Å². The Kier molecular flexibility index (Phi) is 2.90. The van der Waals surface area contributed by atoms with Crippen LogP contribution >= 0.6 is 0 Å². The molecule has 2 aliphatic rings. The SMILES string of the molecule is NC(=O)C1CCCN1C(=O)[C@@H]1CCNC1. The van der Waals surface area contributed by atoms with Crippen molar-refractivity contribution >= 4 is 11.8 Å². The number of rotatable bonds is 2. The van der Waals surface area contributed by atoms with Crippen LogP contribution in [0, 0.1) is 5.92 Å². The summed E-state index contributed by atoms with van der Waals surface area (Å²) in [6.45, 7) is 2.31. The van der Waals surface area contributed by atoms with E-state index < -0.39 is 0 Å². The average molecular weight is 211 g/mol. The van der Waals surface area contributed by atoms with Gasteiger partial charge in [0.1, 0.15) is 6.04 Å². The summed E-state index contributed by atoms with van der Waals surface area (Å²) in [5, 5.41) is 3.16. The molecule has 3 N–H and O–H groups in total. The highest BCUT2D eigenvalue weighted by Gasteiger charge is 2.36. The first kappa shape index (κ1) is 10.4. The van der Waals surface area contributed by atoms with Crippen molar-refractivity contribution < 1.29 is 9.59 Å². The van der Waals surface area contributed by atoms with Crippen LogP contribution in [0.4, 0.5) is 0 Å². The molecule has 2 amide bonds. The Balaban J connectivity index is 2.02. The zero-order valence-corrected chi connectivity index (χ0v) is 8.74. The average Bonchev–Trinajstić information content (AvgIpc) is 2.88. The van der Waals surface area contributed by atoms with Crippen LogP contribution < -0.4 is 11.1 Å². The third kappa shape index (κ3) is 1.97. The lowest BCUT2D eigenvalue weighted by molar-refractivity contribution is -0.140. The summed E-state index contributed by atoms with van der Waals surface area (Å²) in [5.74, 6) is -0.224. The monoisotopic (exact) mass is 211 g/mol. The third-order valence-corrected chi connectivity index (χ3v) is 3.27. The van der Waals surface area contributed by atoms with E-state index in [4.69, 9.17) is 5.73 Å². The number of hydrogen-bond donors (Lipinski definition) is 2. The van der Waals surface area contributed by atoms with Crippen LogP contribution in [0.3, 0.4) is 0 Å². The van der Waals surface area contributed by atoms with Crippen molar-refractivity contribution in [3.8, 4) is 0 Å². The molecule has 1 unspecified atom stereocenters. The van der Waals surface area contributed by atoms with E-state index in [0.29, 0.717) is 6.54 Å². The summed E-state index contributed by atoms with van der Waals surface area (Å²) in [5.41, 5.74) is 5.28. The van der Waals surface area contributed by atoms with E-state index in [1.165, 1.54) is 0 Å². The molecule has 5 heteroatoms. The van der Waals surface area contributed by atoms with Gasteiger partial charge < -0.3 is 16.0 Å². The van der Waals surface area contributed by atoms with Gasteiger partial charge >= 0.3 is 0 Å². The van der Waals surface area contributed by atoms with E-state index in [9.17, 15) is 9.59 Å². The van der Waals surface area contributed by atoms with E-state index >= 15 is 0 Å². The zero-order chi connectivity index (χ0) is 10.8. The quantitative estimate of drug-likeness (QED) is 0.620. The Morgan fingerprint density at radius 2 is 2.13 bits per heavy atom. The lowest BCUT2D eigenvalue weighted by Crippen LogP contribution is -2.46. The molecular formula is C10H17N3O2. The molecule has 2 rings (SSSR count). The Hall–Kier alpha value is -1.10. The molecule has 0 radical (unpaired) electrons. The van der Waals surface area contributed by atoms with Crippen LogP contribution in [-0.4, -0.2) is 42.4 Å². The largest absolute Gasteiger partial charge is 0.368 e. The lowest BCUT2D eigenvalue weighted by atomic mass is 10.1. The molecule has 0 aromatic rings. The van der Waals surface area contributed by atoms with Crippen molar-refractivity contribution in [3.63, 3.8) is 0 Å². The number of amides is 2. The maximum absolute atomic E-state index is 12.0. The molecule has 2 aliphatic heterocycles. The number of nitrogens with zero attached hydrogens (tertiary/aromatic N) is 1. The van der Waals surface area contributed by atoms with Crippen molar-refractivity contribution in [2.24, 2.45) is 11.7 Å². The molecule has 0 saturated carbocycles. The molecule has 15 heavy (non-hydrogen) atoms. The zero-order valence-electron chi connectivity index (χ0n) is 8.74. The van der Waals surface area contributed by atoms with Crippen molar-refractivity contribution in [3.05, 3.63) is 0 Å². The first-order valence-electron chi connectivity index (χ1n) is 5.50. The molecular weight excluding hydrogens is 194 g/mol. The number of hydrogen-bond acceptors (Lipinski definition) is 3. The second-order valence-corrected chi connectivity index (χ2v) is 4.28. The van der Waals surface area contributed by atoms with Gasteiger partial charge in [0.25, 0.3) is 0 Å². The Bertz CT molecular complexity index is 274. The maximum atomic E-state index is 12.0. The maximum Gasteiger partial charge on any atom is 0.240 e. The number of likely N-dealkylation sites (tertiary alicyclic amines) is 1. The van der Waals surface area contributed by atoms with Crippen LogP contribution in [0.25, 0.3) is 0 Å². The van der Waals surface area contributed by atoms with Gasteiger partial charge in [-0.25, -0.2) is 0 Å². The fraction of sp³-hybridized carbons (Fsp3) is 0.800. The van der Waals surface area contributed by atoms with Crippen LogP contribution in [-0.2, 0) is 9.59 Å². The fourth-order valence-corrected chi connectivity index (χ4v) is 2.43. The summed E-state index contributed by atoms with van der Waals surface area (Å²) in [7, 11) is 0. The predicted octanol–water partition coefficient (Wildman–Crippen LogP) is -0.928. The first-order chi connectivity index (χ1) is 7.20. The minimum atomic E-state index is -0.369. The van der Waals surface area contributed by atoms with Gasteiger partial charge in [0.05, 0.1) is 5.92 Å². The van der Waals surface area contributed by atoms with Gasteiger partial charge in [0.2, 0.25) is 11.8 Å². The third-order valence-electron chi connectivity index (χ3n) is 3.27. The second-order valence-electron chi connectivity index (χ2n) is 4.28. The van der Waals surface area contributed by atoms with Gasteiger partial charge in [0, 0.05) is 13.1 Å². The van der Waals surface area contributed by atoms with E-state index in [0.717, 1.165) is 32.4 Å². The summed E-state index contributed by atoms with van der Waals surface area (Å²) in [6.07, 6.45) is 2.49. The van der Waals surface area contributed by atoms with Gasteiger partial charge in [-0.2, -0.15) is 0 Å². The van der Waals surface area contributed by atoms with Gasteiger partial charge in [-0.3, -0.25) is 9.59 Å². The number of carbonyl (C=O) groups is 2. The molecule has 0 aromatic heterocycles. The van der Waals surface area contributed by atoms with E-state index in [1.807, 2.05) is 0 Å². The molecule has 0 spiro atoms. The second kappa shape index (κ2) is 4.18. The van der Waals surface area contributed by atoms with E-state index in [2.05, 4.69) is 5.32 Å². The standard InChI is InChI=1S/C10H17N3O2/c11-9(14)8-2-1-5-13(8)10(15)7-3-4-12-6-7/h7-8,12H,1-6H2,(H2,11,14)/t7-,8?/m1/s1. The van der Waals surface area contributed by atoms with Gasteiger partial charge in [-0.15, -0.1) is 0 Å². The van der Waals surface area contributed by atoms with Crippen LogP contribution in [0.1, 0.15) is 19.3 Å². The van der Waals surface area contributed by atoms with Gasteiger partial charge in [-0.05, 0) is 25.8 Å². The summed E-state index contributed by atoms with van der Waals surface area (Å²) >= 11 is 0. The highest BCUT2D eigenvalue weighted by atomic mass is 16.2. The Labute approximate surface area is 89.0 Å². The number of nitrogens with two attached hydrogens (primary N) is 1. The molecule has 2 saturated heterocycles. The molecule has 0 bridgehead atoms. The Morgan fingerprint density at radius 3 is 2.73 bits per heavy atom. The van der Waals surface area contributed by atoms with Gasteiger partial charge in [-0.1, -0.05) is 0 Å². The van der Waals surface area contributed by atoms with Crippen LogP contribution in [0.5, 0.6) is 0 Å². The molecule has 2 atom stereocenters. The Morgan fingerprint density at radius 1 is 1.33 bits per heavy atom. The molecule has 5 nitrogen and oxygen atoms in total. The van der Waals surface area contributed by atoms with Crippen molar-refractivity contribution in [1.82, 2.24) is 10.2 Å². The minimum Gasteiger partial charge on any atom is -0.368 e. The fourth-order valence-electron chi connectivity index (χ4n) is 2.43. The number of carbonyl (C=O) groups excluding carboxylic acids is 2. The van der Waals surface area contributed by atoms with Crippen molar-refractivity contribution in [2.45, 2.75) is 25.3 Å². The van der Waals surface area contributed by atoms with Crippen molar-refractivity contribution in [1.29, 1.82) is 0 Å². The van der Waals surface area contributed by atoms with Crippen LogP contribution in [0.15, 0.2) is 0 Å². The summed E-state index contributed by atoms with van der Waals surface area (Å²) < 4.78 is 0. The molecule has 2 fully saturated rings. The minimum absolute atomic E-state index is 0.0462. The topological polar surface area (TPSA) is 75.4 Å². The number of nitrogens with one attached hydrogen (secondary N) is 1. The lowest BCUT2D eigenvalue weighted by Gasteiger charge is -2.24. The highest BCUT2D eigenvalue weighted by Crippen LogP contribution is 2.21. The predicted molar refractivity (Wildman–Crippen MR) is 54.9 cm³/mol. The first-order valence-corrected chi connectivity index (χ1v) is 5.50. The molecule has 2 heterocycles. The summed E-state index contributed by atoms with van der Waals surface area (Å²) in [6, 6.07) is -0.363. The highest BCUT2D eigenvalue weighted by molar-refractivity contribution is 5.88. The smallest absolute Gasteiger partial charge is 0.240 e. The molecule has 0 aromatic carbocycles. The van der Waals surface area contributed by atoms with Crippen LogP contribution in [0.2, 0.25) is 0 Å². The number of primary amides is 1. The summed E-state index contributed by atoms with van der Waals surface area (Å²) in [4.78, 5) is 24.9. The van der Waals surface area contributed by atoms with Gasteiger partial charge in [0.15, 0.2) is 0 Å². The van der Waals surface area contributed by atoms with Crippen molar-refractivity contribution in [2.75, 3.05) is 19.6 Å². The normalized spacial score (nSPS) is 30.8.